The van der Waals surface area contributed by atoms with Gasteiger partial charge in [0.15, 0.2) is 0 Å². The van der Waals surface area contributed by atoms with Crippen LogP contribution in [0.2, 0.25) is 0 Å². The molecule has 8 heteroatoms. The summed E-state index contributed by atoms with van der Waals surface area (Å²) in [5.41, 5.74) is 1.39. The first-order valence-corrected chi connectivity index (χ1v) is 12.9. The van der Waals surface area contributed by atoms with Gasteiger partial charge in [-0.05, 0) is 62.1 Å². The predicted molar refractivity (Wildman–Crippen MR) is 104 cm³/mol. The number of sulfonamides is 2. The third-order valence-corrected chi connectivity index (χ3v) is 9.91. The zero-order valence-electron chi connectivity index (χ0n) is 15.8. The minimum absolute atomic E-state index is 0.0750. The molecule has 1 aromatic carbocycles. The Kier molecular flexibility index (Phi) is 5.12. The van der Waals surface area contributed by atoms with E-state index < -0.39 is 20.0 Å². The fraction of sp³-hybridized carbons (Fsp3) is 0.684. The molecule has 1 aromatic rings. The highest BCUT2D eigenvalue weighted by molar-refractivity contribution is 7.90. The van der Waals surface area contributed by atoms with Crippen LogP contribution in [0.15, 0.2) is 21.9 Å². The molecule has 4 rings (SSSR count). The minimum atomic E-state index is -3.69. The molecule has 1 saturated heterocycles. The molecule has 6 nitrogen and oxygen atoms in total. The van der Waals surface area contributed by atoms with Crippen molar-refractivity contribution in [2.75, 3.05) is 13.1 Å². The number of rotatable bonds is 3. The first kappa shape index (κ1) is 19.4. The van der Waals surface area contributed by atoms with E-state index in [4.69, 9.17) is 0 Å². The van der Waals surface area contributed by atoms with E-state index in [-0.39, 0.29) is 15.8 Å². The fourth-order valence-electron chi connectivity index (χ4n) is 4.83. The third-order valence-electron chi connectivity index (χ3n) is 6.30. The number of fused-ring (bicyclic) bond motifs is 1. The van der Waals surface area contributed by atoms with Gasteiger partial charge in [0.25, 0.3) is 0 Å². The van der Waals surface area contributed by atoms with Gasteiger partial charge in [0.1, 0.15) is 0 Å². The van der Waals surface area contributed by atoms with Crippen LogP contribution in [0, 0.1) is 12.8 Å². The van der Waals surface area contributed by atoms with Crippen molar-refractivity contribution in [3.63, 3.8) is 0 Å². The summed E-state index contributed by atoms with van der Waals surface area (Å²) >= 11 is 0. The fourth-order valence-corrected chi connectivity index (χ4v) is 8.21. The zero-order valence-corrected chi connectivity index (χ0v) is 17.4. The maximum absolute atomic E-state index is 13.1. The molecular weight excluding hydrogens is 384 g/mol. The van der Waals surface area contributed by atoms with Crippen LogP contribution in [-0.2, 0) is 26.5 Å². The molecule has 1 saturated carbocycles. The molecular formula is C19H28N2O4S2. The second-order valence-electron chi connectivity index (χ2n) is 8.17. The predicted octanol–water partition coefficient (Wildman–Crippen LogP) is 2.56. The van der Waals surface area contributed by atoms with E-state index in [2.05, 4.69) is 4.72 Å². The van der Waals surface area contributed by atoms with Crippen molar-refractivity contribution in [3.05, 3.63) is 23.3 Å². The van der Waals surface area contributed by atoms with Crippen LogP contribution in [0.4, 0.5) is 0 Å². The van der Waals surface area contributed by atoms with E-state index in [1.807, 2.05) is 0 Å². The van der Waals surface area contributed by atoms with E-state index in [0.717, 1.165) is 50.5 Å². The van der Waals surface area contributed by atoms with Crippen molar-refractivity contribution in [2.24, 2.45) is 5.92 Å². The Morgan fingerprint density at radius 3 is 2.37 bits per heavy atom. The maximum Gasteiger partial charge on any atom is 0.243 e. The molecule has 0 aromatic heterocycles. The van der Waals surface area contributed by atoms with E-state index in [0.29, 0.717) is 31.0 Å². The van der Waals surface area contributed by atoms with E-state index in [1.54, 1.807) is 13.0 Å². The van der Waals surface area contributed by atoms with Crippen LogP contribution < -0.4 is 4.72 Å². The molecule has 27 heavy (non-hydrogen) atoms. The average Bonchev–Trinajstić information content (AvgIpc) is 3.16. The number of hydrogen-bond donors (Lipinski definition) is 1. The summed E-state index contributed by atoms with van der Waals surface area (Å²) in [5.74, 6) is 0.380. The summed E-state index contributed by atoms with van der Waals surface area (Å²) in [6.45, 7) is 2.79. The lowest BCUT2D eigenvalue weighted by atomic mass is 9.92. The van der Waals surface area contributed by atoms with Crippen molar-refractivity contribution in [2.45, 2.75) is 74.1 Å². The number of hydrogen-bond acceptors (Lipinski definition) is 4. The Hall–Kier alpha value is -0.960. The van der Waals surface area contributed by atoms with Crippen molar-refractivity contribution >= 4 is 20.0 Å². The summed E-state index contributed by atoms with van der Waals surface area (Å²) in [6.07, 6.45) is 7.81. The largest absolute Gasteiger partial charge is 0.243 e. The quantitative estimate of drug-likeness (QED) is 0.827. The molecule has 3 aliphatic rings. The van der Waals surface area contributed by atoms with Crippen LogP contribution in [0.5, 0.6) is 0 Å². The normalized spacial score (nSPS) is 26.8. The van der Waals surface area contributed by atoms with Gasteiger partial charge in [-0.25, -0.2) is 21.6 Å². The lowest BCUT2D eigenvalue weighted by molar-refractivity contribution is 0.346. The van der Waals surface area contributed by atoms with Gasteiger partial charge in [0.05, 0.1) is 9.79 Å². The highest BCUT2D eigenvalue weighted by atomic mass is 32.2. The zero-order chi connectivity index (χ0) is 19.2. The van der Waals surface area contributed by atoms with Crippen LogP contribution in [0.3, 0.4) is 0 Å². The first-order valence-electron chi connectivity index (χ1n) is 9.95. The molecule has 1 atom stereocenters. The van der Waals surface area contributed by atoms with E-state index >= 15 is 0 Å². The number of nitrogens with one attached hydrogen (secondary N) is 1. The van der Waals surface area contributed by atoms with Crippen LogP contribution in [0.1, 0.15) is 56.1 Å². The summed E-state index contributed by atoms with van der Waals surface area (Å²) in [7, 11) is -7.36. The highest BCUT2D eigenvalue weighted by Crippen LogP contribution is 2.36. The van der Waals surface area contributed by atoms with Crippen molar-refractivity contribution in [1.82, 2.24) is 9.03 Å². The Morgan fingerprint density at radius 1 is 1.04 bits per heavy atom. The molecule has 2 aliphatic heterocycles. The molecule has 0 spiro atoms. The summed E-state index contributed by atoms with van der Waals surface area (Å²) in [4.78, 5) is 0.269. The molecule has 2 fully saturated rings. The van der Waals surface area contributed by atoms with Gasteiger partial charge in [-0.2, -0.15) is 4.31 Å². The summed E-state index contributed by atoms with van der Waals surface area (Å²) in [5, 5.41) is 0. The van der Waals surface area contributed by atoms with Gasteiger partial charge in [0.2, 0.25) is 20.0 Å². The van der Waals surface area contributed by atoms with Gasteiger partial charge in [-0.1, -0.05) is 25.3 Å². The number of piperidine rings is 1. The second-order valence-corrected chi connectivity index (χ2v) is 11.8. The summed E-state index contributed by atoms with van der Waals surface area (Å²) < 4.78 is 56.3. The Morgan fingerprint density at radius 2 is 1.70 bits per heavy atom. The molecule has 0 bridgehead atoms. The Bertz CT molecular complexity index is 929. The van der Waals surface area contributed by atoms with Gasteiger partial charge < -0.3 is 0 Å². The number of nitrogens with zero attached hydrogens (tertiary/aromatic N) is 1. The molecule has 1 aliphatic carbocycles. The number of benzene rings is 1. The standard InChI is InChI=1S/C19H28N2O4S2/c1-14-11-16-12-17(15-7-3-4-8-15)20-26(22,23)19(16)13-18(14)27(24,25)21-9-5-2-6-10-21/h11,13,15,17,20H,2-10,12H2,1H3. The molecule has 150 valence electrons. The van der Waals surface area contributed by atoms with E-state index in [1.165, 1.54) is 10.4 Å². The Balaban J connectivity index is 1.72. The average molecular weight is 413 g/mol. The molecule has 0 amide bonds. The number of aryl methyl sites for hydroxylation is 1. The molecule has 1 N–H and O–H groups in total. The topological polar surface area (TPSA) is 83.6 Å². The molecule has 0 radical (unpaired) electrons. The smallest absolute Gasteiger partial charge is 0.207 e. The van der Waals surface area contributed by atoms with Gasteiger partial charge in [-0.3, -0.25) is 0 Å². The monoisotopic (exact) mass is 412 g/mol. The lowest BCUT2D eigenvalue weighted by Crippen LogP contribution is -2.45. The lowest BCUT2D eigenvalue weighted by Gasteiger charge is -2.31. The van der Waals surface area contributed by atoms with Gasteiger partial charge in [0, 0.05) is 19.1 Å². The van der Waals surface area contributed by atoms with Crippen molar-refractivity contribution in [3.8, 4) is 0 Å². The van der Waals surface area contributed by atoms with Crippen molar-refractivity contribution < 1.29 is 16.8 Å². The van der Waals surface area contributed by atoms with Crippen LogP contribution in [0.25, 0.3) is 0 Å². The van der Waals surface area contributed by atoms with Crippen LogP contribution in [-0.4, -0.2) is 40.3 Å². The minimum Gasteiger partial charge on any atom is -0.207 e. The first-order chi connectivity index (χ1) is 12.8. The maximum atomic E-state index is 13.1. The summed E-state index contributed by atoms with van der Waals surface area (Å²) in [6, 6.07) is 3.10. The Labute approximate surface area is 162 Å². The van der Waals surface area contributed by atoms with Crippen molar-refractivity contribution in [1.29, 1.82) is 0 Å². The molecule has 1 unspecified atom stereocenters. The highest BCUT2D eigenvalue weighted by Gasteiger charge is 2.37. The van der Waals surface area contributed by atoms with Gasteiger partial charge >= 0.3 is 0 Å². The SMILES string of the molecule is Cc1cc2c(cc1S(=O)(=O)N1CCCCC1)S(=O)(=O)NC(C1CCCC1)C2. The van der Waals surface area contributed by atoms with E-state index in [9.17, 15) is 16.8 Å². The third kappa shape index (κ3) is 3.57. The van der Waals surface area contributed by atoms with Gasteiger partial charge in [-0.15, -0.1) is 0 Å². The van der Waals surface area contributed by atoms with Crippen LogP contribution >= 0.6 is 0 Å². The second kappa shape index (κ2) is 7.13. The molecule has 2 heterocycles.